The average Bonchev–Trinajstić information content (AvgIpc) is 2.28. The van der Waals surface area contributed by atoms with Gasteiger partial charge in [0.1, 0.15) is 11.2 Å². The van der Waals surface area contributed by atoms with Gasteiger partial charge in [0, 0.05) is 87.1 Å². The number of hydrogen-bond donors (Lipinski definition) is 0. The fourth-order valence-corrected chi connectivity index (χ4v) is 14.5. The van der Waals surface area contributed by atoms with E-state index in [0.717, 1.165) is 100 Å². The summed E-state index contributed by atoms with van der Waals surface area (Å²) in [6.07, 6.45) is 0. The quantitative estimate of drug-likeness (QED) is 0.152. The zero-order chi connectivity index (χ0) is 54.7. The monoisotopic (exact) mass is 1070 g/mol. The van der Waals surface area contributed by atoms with Crippen LogP contribution in [-0.4, -0.2) is 8.80 Å². The highest BCUT2D eigenvalue weighted by atomic mass is 16.3. The highest BCUT2D eigenvalue weighted by molar-refractivity contribution is 6.33. The van der Waals surface area contributed by atoms with E-state index < -0.39 is 0 Å². The normalized spacial score (nSPS) is 12.3. The van der Waals surface area contributed by atoms with Crippen LogP contribution in [0.15, 0.2) is 288 Å². The molecule has 0 aliphatic carbocycles. The van der Waals surface area contributed by atoms with Crippen LogP contribution in [0.4, 0.5) is 34.1 Å². The van der Waals surface area contributed by atoms with Gasteiger partial charge in [-0.3, -0.25) is 0 Å². The summed E-state index contributed by atoms with van der Waals surface area (Å²) >= 11 is 0. The molecule has 13 aromatic carbocycles. The number of benzene rings is 13. The van der Waals surface area contributed by atoms with E-state index in [0.29, 0.717) is 0 Å². The van der Waals surface area contributed by atoms with Gasteiger partial charge in [-0.05, 0) is 83.9 Å². The number of nitrogens with zero attached hydrogens (tertiary/aromatic N) is 4. The number of fused-ring (bicyclic) bond motifs is 18. The first kappa shape index (κ1) is 45.4. The number of aromatic nitrogens is 2. The van der Waals surface area contributed by atoms with E-state index in [1.165, 1.54) is 76.2 Å². The molecule has 0 saturated heterocycles. The Bertz CT molecular complexity index is 5490. The Morgan fingerprint density at radius 1 is 0.238 bits per heavy atom. The standard InChI is InChI=1S/C78H46N4O2/c1-5-21-47(22-6-1)51-31-17-33-55-57-35-19-39-67(77(57)83-75(51)55)79(49-25-9-3-10-26-49)65-43-41-53-61-45-70-62(46-69(61)81-63-37-15-13-29-59(63)71(65)73(53)81)54-42-44-66(72-60-30-14-16-38-64(60)82(70)74(54)72)80(50-27-11-4-12-28-50)68-40-20-36-58-56-34-18-32-52(76(56)84-78(58)68)48-23-7-2-8-24-48/h1-46H. The average molecular weight is 1070 g/mol. The van der Waals surface area contributed by atoms with Crippen LogP contribution in [0.1, 0.15) is 0 Å². The molecular weight excluding hydrogens is 1020 g/mol. The van der Waals surface area contributed by atoms with Gasteiger partial charge in [-0.25, -0.2) is 0 Å². The molecular formula is C78H46N4O2. The molecule has 6 aromatic heterocycles. The van der Waals surface area contributed by atoms with Crippen LogP contribution in [0.2, 0.25) is 0 Å². The van der Waals surface area contributed by atoms with E-state index in [4.69, 9.17) is 8.83 Å². The van der Waals surface area contributed by atoms with Crippen molar-refractivity contribution < 1.29 is 8.83 Å². The molecule has 0 radical (unpaired) electrons. The van der Waals surface area contributed by atoms with Crippen molar-refractivity contribution in [3.63, 3.8) is 0 Å². The predicted octanol–water partition coefficient (Wildman–Crippen LogP) is 22.1. The zero-order valence-corrected chi connectivity index (χ0v) is 45.2. The number of para-hydroxylation sites is 8. The van der Waals surface area contributed by atoms with E-state index in [1.54, 1.807) is 0 Å². The lowest BCUT2D eigenvalue weighted by atomic mass is 10.0. The summed E-state index contributed by atoms with van der Waals surface area (Å²) in [5, 5.41) is 14.0. The van der Waals surface area contributed by atoms with Crippen molar-refractivity contribution in [2.75, 3.05) is 9.80 Å². The largest absolute Gasteiger partial charge is 0.453 e. The van der Waals surface area contributed by atoms with Crippen LogP contribution in [0, 0.1) is 0 Å². The third kappa shape index (κ3) is 6.12. The minimum atomic E-state index is 0.846. The topological polar surface area (TPSA) is 41.6 Å². The molecule has 0 fully saturated rings. The lowest BCUT2D eigenvalue weighted by molar-refractivity contribution is 0.670. The molecule has 84 heavy (non-hydrogen) atoms. The molecule has 0 aliphatic heterocycles. The number of anilines is 6. The maximum Gasteiger partial charge on any atom is 0.159 e. The van der Waals surface area contributed by atoms with Gasteiger partial charge in [-0.1, -0.05) is 206 Å². The Kier molecular flexibility index (Phi) is 9.24. The Hall–Kier alpha value is -11.3. The molecule has 19 aromatic rings. The highest BCUT2D eigenvalue weighted by Gasteiger charge is 2.30. The number of rotatable bonds is 8. The predicted molar refractivity (Wildman–Crippen MR) is 351 cm³/mol. The first-order chi connectivity index (χ1) is 41.7. The lowest BCUT2D eigenvalue weighted by Crippen LogP contribution is -2.10. The number of hydrogen-bond acceptors (Lipinski definition) is 4. The summed E-state index contributed by atoms with van der Waals surface area (Å²) in [5.74, 6) is 0. The van der Waals surface area contributed by atoms with Crippen molar-refractivity contribution in [1.29, 1.82) is 0 Å². The third-order valence-corrected chi connectivity index (χ3v) is 17.9. The van der Waals surface area contributed by atoms with E-state index >= 15 is 0 Å². The summed E-state index contributed by atoms with van der Waals surface area (Å²) in [6, 6.07) is 101. The summed E-state index contributed by atoms with van der Waals surface area (Å²) in [7, 11) is 0. The van der Waals surface area contributed by atoms with E-state index in [9.17, 15) is 0 Å². The van der Waals surface area contributed by atoms with Crippen molar-refractivity contribution in [2.24, 2.45) is 0 Å². The lowest BCUT2D eigenvalue weighted by Gasteiger charge is -2.26. The van der Waals surface area contributed by atoms with Crippen molar-refractivity contribution in [3.05, 3.63) is 279 Å². The van der Waals surface area contributed by atoms with Crippen LogP contribution in [0.5, 0.6) is 0 Å². The number of furan rings is 2. The van der Waals surface area contributed by atoms with Crippen LogP contribution < -0.4 is 9.80 Å². The summed E-state index contributed by atoms with van der Waals surface area (Å²) in [6.45, 7) is 0. The second-order valence-corrected chi connectivity index (χ2v) is 22.3. The molecule has 19 rings (SSSR count). The molecule has 6 nitrogen and oxygen atoms in total. The van der Waals surface area contributed by atoms with Gasteiger partial charge >= 0.3 is 0 Å². The van der Waals surface area contributed by atoms with E-state index in [1.807, 2.05) is 0 Å². The molecule has 0 bridgehead atoms. The molecule has 6 heterocycles. The summed E-state index contributed by atoms with van der Waals surface area (Å²) in [5.41, 5.74) is 21.2. The molecule has 0 amide bonds. The summed E-state index contributed by atoms with van der Waals surface area (Å²) in [4.78, 5) is 4.83. The third-order valence-electron chi connectivity index (χ3n) is 17.9. The molecule has 6 heteroatoms. The van der Waals surface area contributed by atoms with Gasteiger partial charge in [0.15, 0.2) is 11.2 Å². The Morgan fingerprint density at radius 2 is 0.595 bits per heavy atom. The van der Waals surface area contributed by atoms with Gasteiger partial charge in [0.25, 0.3) is 0 Å². The highest BCUT2D eigenvalue weighted by Crippen LogP contribution is 2.54. The van der Waals surface area contributed by atoms with E-state index in [2.05, 4.69) is 298 Å². The molecule has 0 aliphatic rings. The van der Waals surface area contributed by atoms with Crippen LogP contribution in [-0.2, 0) is 0 Å². The van der Waals surface area contributed by atoms with Crippen LogP contribution >= 0.6 is 0 Å². The second kappa shape index (κ2) is 17.1. The van der Waals surface area contributed by atoms with E-state index in [-0.39, 0.29) is 0 Å². The van der Waals surface area contributed by atoms with Crippen molar-refractivity contribution in [2.45, 2.75) is 0 Å². The molecule has 0 atom stereocenters. The Labute approximate surface area is 480 Å². The molecule has 0 spiro atoms. The van der Waals surface area contributed by atoms with Crippen molar-refractivity contribution in [3.8, 4) is 22.3 Å². The van der Waals surface area contributed by atoms with Crippen molar-refractivity contribution in [1.82, 2.24) is 8.80 Å². The molecule has 0 unspecified atom stereocenters. The zero-order valence-electron chi connectivity index (χ0n) is 45.2. The summed E-state index contributed by atoms with van der Waals surface area (Å²) < 4.78 is 19.4. The van der Waals surface area contributed by atoms with Gasteiger partial charge in [0.05, 0.1) is 55.8 Å². The van der Waals surface area contributed by atoms with Gasteiger partial charge < -0.3 is 27.4 Å². The van der Waals surface area contributed by atoms with Gasteiger partial charge in [-0.15, -0.1) is 0 Å². The first-order valence-corrected chi connectivity index (χ1v) is 28.7. The molecule has 0 saturated carbocycles. The smallest absolute Gasteiger partial charge is 0.159 e. The Morgan fingerprint density at radius 3 is 1.02 bits per heavy atom. The first-order valence-electron chi connectivity index (χ1n) is 28.7. The SMILES string of the molecule is c1ccc(-c2cccc3c2oc2c(N(c4ccccc4)c4ccc5c6cc7c(cc6n6c8ccccc8c4c56)c4ccc(N(c5ccccc5)c5cccc6c5oc5c(-c8ccccc8)cccc56)c5c6ccccc6n7c45)cccc23)cc1. The fourth-order valence-electron chi connectivity index (χ4n) is 14.5. The maximum absolute atomic E-state index is 7.16. The Balaban J connectivity index is 0.853. The van der Waals surface area contributed by atoms with Gasteiger partial charge in [0.2, 0.25) is 0 Å². The minimum Gasteiger partial charge on any atom is -0.453 e. The van der Waals surface area contributed by atoms with Crippen LogP contribution in [0.3, 0.4) is 0 Å². The van der Waals surface area contributed by atoms with Crippen LogP contribution in [0.25, 0.3) is 142 Å². The second-order valence-electron chi connectivity index (χ2n) is 22.3. The van der Waals surface area contributed by atoms with Gasteiger partial charge in [-0.2, -0.15) is 0 Å². The fraction of sp³-hybridized carbons (Fsp3) is 0. The minimum absolute atomic E-state index is 0.846. The molecule has 0 N–H and O–H groups in total. The van der Waals surface area contributed by atoms with Crippen molar-refractivity contribution >= 4 is 154 Å². The maximum atomic E-state index is 7.16. The molecule has 390 valence electrons.